The minimum Gasteiger partial charge on any atom is -0.359 e. The first-order chi connectivity index (χ1) is 12.0. The van der Waals surface area contributed by atoms with Gasteiger partial charge in [-0.15, -0.1) is 6.58 Å². The Morgan fingerprint density at radius 3 is 2.68 bits per heavy atom. The van der Waals surface area contributed by atoms with Gasteiger partial charge in [0.1, 0.15) is 31.2 Å². The molecule has 25 heavy (non-hydrogen) atoms. The molecule has 2 heterocycles. The molecule has 0 N–H and O–H groups in total. The van der Waals surface area contributed by atoms with Crippen molar-refractivity contribution in [3.05, 3.63) is 48.6 Å². The van der Waals surface area contributed by atoms with Crippen LogP contribution in [-0.2, 0) is 28.4 Å². The Hall–Kier alpha value is -1.28. The van der Waals surface area contributed by atoms with E-state index in [9.17, 15) is 0 Å². The molecule has 2 fully saturated rings. The Morgan fingerprint density at radius 1 is 1.24 bits per heavy atom. The SMILES string of the molecule is C=C[C@H]1OC(C)(C)O[C@@H]2COC(c3ccccc3)O[C@H]2C1OCOC. The highest BCUT2D eigenvalue weighted by atomic mass is 16.8. The summed E-state index contributed by atoms with van der Waals surface area (Å²) in [5.74, 6) is -0.806. The Morgan fingerprint density at radius 2 is 2.00 bits per heavy atom. The van der Waals surface area contributed by atoms with E-state index in [0.29, 0.717) is 6.61 Å². The third-order valence-electron chi connectivity index (χ3n) is 4.24. The molecule has 0 amide bonds. The third-order valence-corrected chi connectivity index (χ3v) is 4.24. The predicted molar refractivity (Wildman–Crippen MR) is 90.8 cm³/mol. The van der Waals surface area contributed by atoms with Gasteiger partial charge in [-0.2, -0.15) is 0 Å². The molecule has 1 aromatic rings. The summed E-state index contributed by atoms with van der Waals surface area (Å²) in [4.78, 5) is 0. The molecule has 2 unspecified atom stereocenters. The van der Waals surface area contributed by atoms with Crippen LogP contribution in [-0.4, -0.2) is 50.7 Å². The van der Waals surface area contributed by atoms with Crippen LogP contribution in [0.2, 0.25) is 0 Å². The first-order valence-corrected chi connectivity index (χ1v) is 8.45. The monoisotopic (exact) mass is 350 g/mol. The number of hydrogen-bond acceptors (Lipinski definition) is 6. The first kappa shape index (κ1) is 18.5. The van der Waals surface area contributed by atoms with Gasteiger partial charge in [0.2, 0.25) is 0 Å². The molecule has 3 rings (SSSR count). The Bertz CT molecular complexity index is 560. The fourth-order valence-corrected chi connectivity index (χ4v) is 3.21. The largest absolute Gasteiger partial charge is 0.359 e. The standard InChI is InChI=1S/C19H26O6/c1-5-14-16(22-12-20-4)17-15(25-19(2,3)24-14)11-21-18(23-17)13-9-7-6-8-10-13/h5-10,14-18H,1,11-12H2,2-4H3/t14-,15-,16?,17-,18?/m1/s1. The minimum atomic E-state index is -0.806. The summed E-state index contributed by atoms with van der Waals surface area (Å²) in [6.07, 6.45) is -0.273. The minimum absolute atomic E-state index is 0.127. The van der Waals surface area contributed by atoms with E-state index in [4.69, 9.17) is 28.4 Å². The molecule has 5 atom stereocenters. The quantitative estimate of drug-likeness (QED) is 0.601. The van der Waals surface area contributed by atoms with E-state index in [1.165, 1.54) is 0 Å². The van der Waals surface area contributed by atoms with Crippen LogP contribution in [0.3, 0.4) is 0 Å². The highest BCUT2D eigenvalue weighted by Gasteiger charge is 2.48. The molecule has 0 radical (unpaired) electrons. The van der Waals surface area contributed by atoms with Crippen molar-refractivity contribution in [1.29, 1.82) is 0 Å². The van der Waals surface area contributed by atoms with Gasteiger partial charge in [-0.1, -0.05) is 36.4 Å². The lowest BCUT2D eigenvalue weighted by Gasteiger charge is -2.39. The van der Waals surface area contributed by atoms with Crippen LogP contribution in [0.1, 0.15) is 25.7 Å². The molecular formula is C19H26O6. The van der Waals surface area contributed by atoms with Crippen LogP contribution in [0, 0.1) is 0 Å². The third kappa shape index (κ3) is 4.28. The van der Waals surface area contributed by atoms with Crippen molar-refractivity contribution in [2.45, 2.75) is 50.3 Å². The average molecular weight is 350 g/mol. The highest BCUT2D eigenvalue weighted by molar-refractivity contribution is 5.16. The molecule has 0 spiro atoms. The molecule has 0 saturated carbocycles. The Balaban J connectivity index is 1.86. The maximum Gasteiger partial charge on any atom is 0.184 e. The molecule has 138 valence electrons. The number of fused-ring (bicyclic) bond motifs is 1. The van der Waals surface area contributed by atoms with Gasteiger partial charge in [0.15, 0.2) is 12.1 Å². The maximum atomic E-state index is 6.24. The molecule has 2 aliphatic heterocycles. The summed E-state index contributed by atoms with van der Waals surface area (Å²) in [5.41, 5.74) is 0.950. The van der Waals surface area contributed by atoms with Crippen molar-refractivity contribution in [2.24, 2.45) is 0 Å². The van der Waals surface area contributed by atoms with E-state index in [1.807, 2.05) is 44.2 Å². The zero-order valence-electron chi connectivity index (χ0n) is 14.9. The van der Waals surface area contributed by atoms with Crippen LogP contribution >= 0.6 is 0 Å². The van der Waals surface area contributed by atoms with Crippen molar-refractivity contribution in [3.63, 3.8) is 0 Å². The van der Waals surface area contributed by atoms with Gasteiger partial charge < -0.3 is 28.4 Å². The van der Waals surface area contributed by atoms with Crippen LogP contribution in [0.5, 0.6) is 0 Å². The van der Waals surface area contributed by atoms with E-state index < -0.39 is 24.3 Å². The van der Waals surface area contributed by atoms with Crippen molar-refractivity contribution >= 4 is 0 Å². The summed E-state index contributed by atoms with van der Waals surface area (Å²) in [7, 11) is 1.58. The summed E-state index contributed by atoms with van der Waals surface area (Å²) in [6.45, 7) is 8.11. The molecule has 0 aliphatic carbocycles. The van der Waals surface area contributed by atoms with Crippen LogP contribution in [0.4, 0.5) is 0 Å². The van der Waals surface area contributed by atoms with Crippen LogP contribution in [0.15, 0.2) is 43.0 Å². The summed E-state index contributed by atoms with van der Waals surface area (Å²) in [5, 5.41) is 0. The van der Waals surface area contributed by atoms with E-state index in [1.54, 1.807) is 13.2 Å². The molecule has 0 bridgehead atoms. The Labute approximate surface area is 148 Å². The molecule has 6 nitrogen and oxygen atoms in total. The normalized spacial score (nSPS) is 34.8. The summed E-state index contributed by atoms with van der Waals surface area (Å²) >= 11 is 0. The van der Waals surface area contributed by atoms with Gasteiger partial charge in [0, 0.05) is 12.7 Å². The number of methoxy groups -OCH3 is 1. The van der Waals surface area contributed by atoms with Crippen LogP contribution in [0.25, 0.3) is 0 Å². The highest BCUT2D eigenvalue weighted by Crippen LogP contribution is 2.36. The van der Waals surface area contributed by atoms with E-state index in [2.05, 4.69) is 6.58 Å². The lowest BCUT2D eigenvalue weighted by molar-refractivity contribution is -0.306. The van der Waals surface area contributed by atoms with E-state index in [-0.39, 0.29) is 19.0 Å². The maximum absolute atomic E-state index is 6.24. The molecule has 2 aliphatic rings. The van der Waals surface area contributed by atoms with Crippen molar-refractivity contribution in [2.75, 3.05) is 20.5 Å². The molecular weight excluding hydrogens is 324 g/mol. The van der Waals surface area contributed by atoms with Crippen molar-refractivity contribution in [3.8, 4) is 0 Å². The predicted octanol–water partition coefficient (Wildman–Crippen LogP) is 2.80. The van der Waals surface area contributed by atoms with E-state index in [0.717, 1.165) is 5.56 Å². The second kappa shape index (κ2) is 7.95. The lowest BCUT2D eigenvalue weighted by Crippen LogP contribution is -2.51. The number of hydrogen-bond donors (Lipinski definition) is 0. The molecule has 2 saturated heterocycles. The smallest absolute Gasteiger partial charge is 0.184 e. The van der Waals surface area contributed by atoms with Gasteiger partial charge in [0.05, 0.1) is 6.61 Å². The number of ether oxygens (including phenoxy) is 6. The zero-order chi connectivity index (χ0) is 17.9. The topological polar surface area (TPSA) is 55.4 Å². The molecule has 1 aromatic carbocycles. The van der Waals surface area contributed by atoms with Crippen molar-refractivity contribution < 1.29 is 28.4 Å². The number of benzene rings is 1. The summed E-state index contributed by atoms with van der Waals surface area (Å²) < 4.78 is 35.2. The first-order valence-electron chi connectivity index (χ1n) is 8.45. The zero-order valence-corrected chi connectivity index (χ0v) is 14.9. The van der Waals surface area contributed by atoms with Gasteiger partial charge in [-0.05, 0) is 13.8 Å². The second-order valence-corrected chi connectivity index (χ2v) is 6.59. The summed E-state index contributed by atoms with van der Waals surface area (Å²) in [6, 6.07) is 9.81. The molecule has 6 heteroatoms. The van der Waals surface area contributed by atoms with Gasteiger partial charge in [-0.3, -0.25) is 0 Å². The second-order valence-electron chi connectivity index (χ2n) is 6.59. The van der Waals surface area contributed by atoms with Gasteiger partial charge in [-0.25, -0.2) is 0 Å². The molecule has 0 aromatic heterocycles. The average Bonchev–Trinajstić information content (AvgIpc) is 2.72. The lowest BCUT2D eigenvalue weighted by atomic mass is 10.0. The van der Waals surface area contributed by atoms with Crippen molar-refractivity contribution in [1.82, 2.24) is 0 Å². The fraction of sp³-hybridized carbons (Fsp3) is 0.579. The van der Waals surface area contributed by atoms with Gasteiger partial charge >= 0.3 is 0 Å². The van der Waals surface area contributed by atoms with E-state index >= 15 is 0 Å². The van der Waals surface area contributed by atoms with Gasteiger partial charge in [0.25, 0.3) is 0 Å². The number of rotatable bonds is 5. The van der Waals surface area contributed by atoms with Crippen LogP contribution < -0.4 is 0 Å². The Kier molecular flexibility index (Phi) is 5.89. The fourth-order valence-electron chi connectivity index (χ4n) is 3.21.